The molecule has 0 spiro atoms. The molecule has 0 saturated carbocycles. The summed E-state index contributed by atoms with van der Waals surface area (Å²) in [4.78, 5) is 21.3. The van der Waals surface area contributed by atoms with E-state index in [0.717, 1.165) is 12.1 Å². The summed E-state index contributed by atoms with van der Waals surface area (Å²) in [6, 6.07) is 7.81. The van der Waals surface area contributed by atoms with Crippen molar-refractivity contribution in [3.63, 3.8) is 0 Å². The zero-order valence-corrected chi connectivity index (χ0v) is 10.5. The molecular weight excluding hydrogens is 265 g/mol. The highest BCUT2D eigenvalue weighted by Gasteiger charge is 2.17. The van der Waals surface area contributed by atoms with Crippen molar-refractivity contribution < 1.29 is 18.8 Å². The number of ether oxygens (including phenoxy) is 1. The maximum Gasteiger partial charge on any atom is 0.311 e. The Bertz CT molecular complexity index is 685. The Morgan fingerprint density at radius 2 is 1.90 bits per heavy atom. The Balaban J connectivity index is 2.45. The van der Waals surface area contributed by atoms with Crippen LogP contribution in [0, 0.1) is 22.9 Å². The molecule has 0 aliphatic heterocycles. The van der Waals surface area contributed by atoms with Crippen LogP contribution < -0.4 is 4.74 Å². The fourth-order valence-electron chi connectivity index (χ4n) is 1.68. The fraction of sp³-hybridized carbons (Fsp3) is 0.0714. The minimum atomic E-state index is -0.585. The van der Waals surface area contributed by atoms with Gasteiger partial charge in [-0.1, -0.05) is 6.07 Å². The Morgan fingerprint density at radius 1 is 1.20 bits per heavy atom. The van der Waals surface area contributed by atoms with Gasteiger partial charge in [-0.05, 0) is 36.8 Å². The molecule has 0 heterocycles. The molecule has 20 heavy (non-hydrogen) atoms. The minimum Gasteiger partial charge on any atom is -0.449 e. The van der Waals surface area contributed by atoms with E-state index in [1.54, 1.807) is 13.0 Å². The van der Waals surface area contributed by atoms with Crippen molar-refractivity contribution in [2.45, 2.75) is 6.92 Å². The maximum absolute atomic E-state index is 13.0. The zero-order chi connectivity index (χ0) is 14.7. The molecule has 0 amide bonds. The summed E-state index contributed by atoms with van der Waals surface area (Å²) < 4.78 is 18.4. The van der Waals surface area contributed by atoms with E-state index in [1.165, 1.54) is 18.2 Å². The highest BCUT2D eigenvalue weighted by Crippen LogP contribution is 2.33. The summed E-state index contributed by atoms with van der Waals surface area (Å²) in [7, 11) is 0. The van der Waals surface area contributed by atoms with Crippen molar-refractivity contribution in [2.24, 2.45) is 0 Å². The van der Waals surface area contributed by atoms with Crippen LogP contribution in [0.3, 0.4) is 0 Å². The monoisotopic (exact) mass is 275 g/mol. The van der Waals surface area contributed by atoms with E-state index in [4.69, 9.17) is 4.74 Å². The topological polar surface area (TPSA) is 69.4 Å². The van der Waals surface area contributed by atoms with Crippen molar-refractivity contribution in [1.82, 2.24) is 0 Å². The second kappa shape index (κ2) is 5.48. The van der Waals surface area contributed by atoms with E-state index in [0.29, 0.717) is 11.8 Å². The third kappa shape index (κ3) is 2.80. The summed E-state index contributed by atoms with van der Waals surface area (Å²) in [6.07, 6.45) is 0.429. The summed E-state index contributed by atoms with van der Waals surface area (Å²) in [6.45, 7) is 1.71. The molecule has 2 aromatic rings. The molecule has 0 aliphatic carbocycles. The van der Waals surface area contributed by atoms with Crippen LogP contribution in [0.2, 0.25) is 0 Å². The van der Waals surface area contributed by atoms with Crippen molar-refractivity contribution in [1.29, 1.82) is 0 Å². The molecule has 0 atom stereocenters. The number of halogens is 1. The van der Waals surface area contributed by atoms with E-state index in [9.17, 15) is 19.3 Å². The number of nitro groups is 1. The number of aryl methyl sites for hydroxylation is 1. The first-order chi connectivity index (χ1) is 9.51. The zero-order valence-electron chi connectivity index (χ0n) is 10.5. The van der Waals surface area contributed by atoms with E-state index in [2.05, 4.69) is 0 Å². The number of carbonyl (C=O) groups is 1. The molecule has 0 bridgehead atoms. The van der Waals surface area contributed by atoms with Crippen LogP contribution in [0.15, 0.2) is 36.4 Å². The van der Waals surface area contributed by atoms with E-state index in [-0.39, 0.29) is 22.7 Å². The van der Waals surface area contributed by atoms with Crippen molar-refractivity contribution in [3.05, 3.63) is 63.5 Å². The van der Waals surface area contributed by atoms with Gasteiger partial charge in [0.25, 0.3) is 0 Å². The van der Waals surface area contributed by atoms with Gasteiger partial charge in [0.05, 0.1) is 10.5 Å². The number of rotatable bonds is 4. The third-order valence-electron chi connectivity index (χ3n) is 2.63. The molecule has 6 heteroatoms. The number of nitro benzene ring substituents is 1. The fourth-order valence-corrected chi connectivity index (χ4v) is 1.68. The van der Waals surface area contributed by atoms with Crippen LogP contribution in [-0.4, -0.2) is 11.2 Å². The molecule has 2 rings (SSSR count). The van der Waals surface area contributed by atoms with Crippen LogP contribution in [0.4, 0.5) is 10.1 Å². The highest BCUT2D eigenvalue weighted by atomic mass is 19.1. The Hall–Kier alpha value is -2.76. The number of hydrogen-bond acceptors (Lipinski definition) is 4. The molecular formula is C14H10FNO4. The van der Waals surface area contributed by atoms with Gasteiger partial charge in [-0.3, -0.25) is 14.9 Å². The van der Waals surface area contributed by atoms with Crippen molar-refractivity contribution >= 4 is 12.0 Å². The molecule has 0 fully saturated rings. The van der Waals surface area contributed by atoms with Gasteiger partial charge in [-0.15, -0.1) is 0 Å². The van der Waals surface area contributed by atoms with Gasteiger partial charge in [0.1, 0.15) is 11.6 Å². The summed E-state index contributed by atoms with van der Waals surface area (Å²) in [5.74, 6) is -0.526. The third-order valence-corrected chi connectivity index (χ3v) is 2.63. The summed E-state index contributed by atoms with van der Waals surface area (Å²) in [5, 5.41) is 11.0. The predicted molar refractivity (Wildman–Crippen MR) is 69.7 cm³/mol. The van der Waals surface area contributed by atoms with Gasteiger partial charge in [0, 0.05) is 6.07 Å². The van der Waals surface area contributed by atoms with E-state index in [1.807, 2.05) is 0 Å². The average molecular weight is 275 g/mol. The average Bonchev–Trinajstić information content (AvgIpc) is 2.42. The van der Waals surface area contributed by atoms with Crippen LogP contribution in [0.5, 0.6) is 11.5 Å². The van der Waals surface area contributed by atoms with E-state index >= 15 is 0 Å². The Morgan fingerprint density at radius 3 is 2.55 bits per heavy atom. The van der Waals surface area contributed by atoms with Crippen LogP contribution >= 0.6 is 0 Å². The van der Waals surface area contributed by atoms with Crippen LogP contribution in [-0.2, 0) is 0 Å². The van der Waals surface area contributed by atoms with Gasteiger partial charge in [0.15, 0.2) is 6.29 Å². The molecule has 0 aliphatic rings. The standard InChI is InChI=1S/C14H10FNO4/c1-9-2-4-14(12(6-9)16(18)19)20-13-5-3-11(15)7-10(13)8-17/h2-8H,1H3. The molecule has 0 saturated heterocycles. The lowest BCUT2D eigenvalue weighted by molar-refractivity contribution is -0.385. The minimum absolute atomic E-state index is 0.00434. The molecule has 0 aromatic heterocycles. The second-order valence-corrected chi connectivity index (χ2v) is 4.13. The molecule has 0 N–H and O–H groups in total. The first-order valence-corrected chi connectivity index (χ1v) is 5.69. The van der Waals surface area contributed by atoms with Gasteiger partial charge in [0.2, 0.25) is 5.75 Å². The Kier molecular flexibility index (Phi) is 3.74. The summed E-state index contributed by atoms with van der Waals surface area (Å²) in [5.41, 5.74) is 0.477. The molecule has 102 valence electrons. The largest absolute Gasteiger partial charge is 0.449 e. The number of benzene rings is 2. The van der Waals surface area contributed by atoms with Crippen LogP contribution in [0.1, 0.15) is 15.9 Å². The van der Waals surface area contributed by atoms with Gasteiger partial charge >= 0.3 is 5.69 Å². The smallest absolute Gasteiger partial charge is 0.311 e. The van der Waals surface area contributed by atoms with Crippen molar-refractivity contribution in [2.75, 3.05) is 0 Å². The predicted octanol–water partition coefficient (Wildman–Crippen LogP) is 3.65. The number of hydrogen-bond donors (Lipinski definition) is 0. The number of aldehydes is 1. The number of carbonyl (C=O) groups excluding carboxylic acids is 1. The second-order valence-electron chi connectivity index (χ2n) is 4.13. The molecule has 5 nitrogen and oxygen atoms in total. The van der Waals surface area contributed by atoms with Crippen LogP contribution in [0.25, 0.3) is 0 Å². The van der Waals surface area contributed by atoms with Crippen molar-refractivity contribution in [3.8, 4) is 11.5 Å². The SMILES string of the molecule is Cc1ccc(Oc2ccc(F)cc2C=O)c([N+](=O)[O-])c1. The highest BCUT2D eigenvalue weighted by molar-refractivity contribution is 5.79. The van der Waals surface area contributed by atoms with Gasteiger partial charge in [-0.2, -0.15) is 0 Å². The normalized spacial score (nSPS) is 10.1. The van der Waals surface area contributed by atoms with E-state index < -0.39 is 10.7 Å². The lowest BCUT2D eigenvalue weighted by atomic mass is 10.2. The maximum atomic E-state index is 13.0. The lowest BCUT2D eigenvalue weighted by Crippen LogP contribution is -1.96. The Labute approximate surface area is 113 Å². The number of nitrogens with zero attached hydrogens (tertiary/aromatic N) is 1. The molecule has 2 aromatic carbocycles. The first kappa shape index (κ1) is 13.7. The quantitative estimate of drug-likeness (QED) is 0.485. The lowest BCUT2D eigenvalue weighted by Gasteiger charge is -2.08. The van der Waals surface area contributed by atoms with Gasteiger partial charge < -0.3 is 4.74 Å². The first-order valence-electron chi connectivity index (χ1n) is 5.69. The molecule has 0 radical (unpaired) electrons. The summed E-state index contributed by atoms with van der Waals surface area (Å²) >= 11 is 0. The molecule has 0 unspecified atom stereocenters. The van der Waals surface area contributed by atoms with Gasteiger partial charge in [-0.25, -0.2) is 4.39 Å².